The standard InChI is InChI=1S/C20H20FNO4S/c1-13-7-8-17(14(2)9-13)22-19(24)11-27-12-20(25)26-10-18(23)15-5-3-4-6-16(15)21/h3-9H,10-12H2,1-2H3,(H,22,24). The van der Waals surface area contributed by atoms with Crippen molar-refractivity contribution in [3.8, 4) is 0 Å². The molecule has 1 N–H and O–H groups in total. The maximum atomic E-state index is 13.5. The number of ketones is 1. The van der Waals surface area contributed by atoms with Gasteiger partial charge in [0.25, 0.3) is 0 Å². The minimum atomic E-state index is -0.656. The van der Waals surface area contributed by atoms with Crippen molar-refractivity contribution in [1.29, 1.82) is 0 Å². The van der Waals surface area contributed by atoms with Crippen LogP contribution in [0.15, 0.2) is 42.5 Å². The molecule has 0 aliphatic carbocycles. The second-order valence-electron chi connectivity index (χ2n) is 5.92. The molecular weight excluding hydrogens is 369 g/mol. The van der Waals surface area contributed by atoms with Gasteiger partial charge in [-0.2, -0.15) is 0 Å². The maximum absolute atomic E-state index is 13.5. The zero-order valence-corrected chi connectivity index (χ0v) is 15.9. The summed E-state index contributed by atoms with van der Waals surface area (Å²) in [5.74, 6) is -2.14. The van der Waals surface area contributed by atoms with Gasteiger partial charge in [-0.3, -0.25) is 14.4 Å². The molecule has 0 spiro atoms. The van der Waals surface area contributed by atoms with Crippen molar-refractivity contribution in [1.82, 2.24) is 0 Å². The van der Waals surface area contributed by atoms with E-state index in [0.717, 1.165) is 28.6 Å². The van der Waals surface area contributed by atoms with Gasteiger partial charge in [0.05, 0.1) is 17.1 Å². The van der Waals surface area contributed by atoms with E-state index >= 15 is 0 Å². The van der Waals surface area contributed by atoms with Crippen LogP contribution < -0.4 is 5.32 Å². The largest absolute Gasteiger partial charge is 0.457 e. The van der Waals surface area contributed by atoms with Crippen LogP contribution in [-0.2, 0) is 14.3 Å². The smallest absolute Gasteiger partial charge is 0.316 e. The highest BCUT2D eigenvalue weighted by molar-refractivity contribution is 8.00. The first-order valence-corrected chi connectivity index (χ1v) is 9.40. The van der Waals surface area contributed by atoms with E-state index in [2.05, 4.69) is 5.32 Å². The first kappa shape index (κ1) is 20.6. The number of hydrogen-bond acceptors (Lipinski definition) is 5. The van der Waals surface area contributed by atoms with Crippen molar-refractivity contribution in [3.63, 3.8) is 0 Å². The molecule has 27 heavy (non-hydrogen) atoms. The molecule has 0 saturated heterocycles. The second kappa shape index (κ2) is 9.87. The molecule has 2 rings (SSSR count). The van der Waals surface area contributed by atoms with E-state index in [1.54, 1.807) is 0 Å². The summed E-state index contributed by atoms with van der Waals surface area (Å²) in [7, 11) is 0. The SMILES string of the molecule is Cc1ccc(NC(=O)CSCC(=O)OCC(=O)c2ccccc2F)c(C)c1. The third-order valence-corrected chi connectivity index (χ3v) is 4.55. The number of amides is 1. The quantitative estimate of drug-likeness (QED) is 0.552. The fourth-order valence-electron chi connectivity index (χ4n) is 2.32. The van der Waals surface area contributed by atoms with E-state index in [-0.39, 0.29) is 23.0 Å². The van der Waals surface area contributed by atoms with Gasteiger partial charge in [-0.15, -0.1) is 11.8 Å². The Bertz CT molecular complexity index is 854. The van der Waals surface area contributed by atoms with Crippen LogP contribution in [0, 0.1) is 19.7 Å². The van der Waals surface area contributed by atoms with E-state index < -0.39 is 24.2 Å². The first-order valence-electron chi connectivity index (χ1n) is 8.25. The van der Waals surface area contributed by atoms with Gasteiger partial charge in [-0.25, -0.2) is 4.39 Å². The van der Waals surface area contributed by atoms with Crippen LogP contribution in [0.2, 0.25) is 0 Å². The molecule has 0 radical (unpaired) electrons. The van der Waals surface area contributed by atoms with Gasteiger partial charge in [0.2, 0.25) is 11.7 Å². The first-order chi connectivity index (χ1) is 12.9. The molecule has 0 aliphatic heterocycles. The van der Waals surface area contributed by atoms with Gasteiger partial charge >= 0.3 is 5.97 Å². The zero-order chi connectivity index (χ0) is 19.8. The number of aryl methyl sites for hydroxylation is 2. The molecule has 0 aromatic heterocycles. The Kier molecular flexibility index (Phi) is 7.55. The molecule has 2 aromatic carbocycles. The Morgan fingerprint density at radius 3 is 2.52 bits per heavy atom. The predicted molar refractivity (Wildman–Crippen MR) is 104 cm³/mol. The predicted octanol–water partition coefficient (Wildman–Crippen LogP) is 3.54. The molecule has 2 aromatic rings. The molecular formula is C20H20FNO4S. The van der Waals surface area contributed by atoms with Gasteiger partial charge < -0.3 is 10.1 Å². The van der Waals surface area contributed by atoms with Crippen LogP contribution in [0.3, 0.4) is 0 Å². The minimum absolute atomic E-state index is 0.0731. The maximum Gasteiger partial charge on any atom is 0.316 e. The Hall–Kier alpha value is -2.67. The molecule has 7 heteroatoms. The van der Waals surface area contributed by atoms with Crippen LogP contribution in [0.1, 0.15) is 21.5 Å². The summed E-state index contributed by atoms with van der Waals surface area (Å²) in [6.45, 7) is 3.34. The summed E-state index contributed by atoms with van der Waals surface area (Å²) in [5.41, 5.74) is 2.67. The lowest BCUT2D eigenvalue weighted by Gasteiger charge is -2.09. The third kappa shape index (κ3) is 6.53. The van der Waals surface area contributed by atoms with Crippen molar-refractivity contribution < 1.29 is 23.5 Å². The Balaban J connectivity index is 1.70. The number of nitrogens with one attached hydrogen (secondary N) is 1. The van der Waals surface area contributed by atoms with E-state index in [4.69, 9.17) is 4.74 Å². The second-order valence-corrected chi connectivity index (χ2v) is 6.91. The van der Waals surface area contributed by atoms with E-state index in [1.165, 1.54) is 24.3 Å². The van der Waals surface area contributed by atoms with Crippen molar-refractivity contribution in [2.24, 2.45) is 0 Å². The average molecular weight is 389 g/mol. The van der Waals surface area contributed by atoms with Gasteiger partial charge in [0.1, 0.15) is 5.82 Å². The van der Waals surface area contributed by atoms with Gasteiger partial charge in [0.15, 0.2) is 6.61 Å². The lowest BCUT2D eigenvalue weighted by atomic mass is 10.1. The summed E-state index contributed by atoms with van der Waals surface area (Å²) in [5, 5.41) is 2.78. The number of esters is 1. The fraction of sp³-hybridized carbons (Fsp3) is 0.250. The Labute approximate surface area is 161 Å². The molecule has 1 amide bonds. The van der Waals surface area contributed by atoms with Gasteiger partial charge in [-0.05, 0) is 37.6 Å². The molecule has 0 unspecified atom stereocenters. The third-order valence-electron chi connectivity index (χ3n) is 3.65. The molecule has 0 heterocycles. The lowest BCUT2D eigenvalue weighted by Crippen LogP contribution is -2.19. The van der Waals surface area contributed by atoms with Crippen molar-refractivity contribution >= 4 is 35.1 Å². The summed E-state index contributed by atoms with van der Waals surface area (Å²) < 4.78 is 18.3. The molecule has 0 atom stereocenters. The normalized spacial score (nSPS) is 10.3. The van der Waals surface area contributed by atoms with Crippen LogP contribution >= 0.6 is 11.8 Å². The number of carbonyl (C=O) groups is 3. The van der Waals surface area contributed by atoms with Crippen molar-refractivity contribution in [2.75, 3.05) is 23.4 Å². The highest BCUT2D eigenvalue weighted by Gasteiger charge is 2.14. The van der Waals surface area contributed by atoms with E-state index in [1.807, 2.05) is 32.0 Å². The topological polar surface area (TPSA) is 72.5 Å². The van der Waals surface area contributed by atoms with Gasteiger partial charge in [-0.1, -0.05) is 29.8 Å². The number of carbonyl (C=O) groups excluding carboxylic acids is 3. The van der Waals surface area contributed by atoms with Crippen LogP contribution in [0.4, 0.5) is 10.1 Å². The molecule has 0 fully saturated rings. The average Bonchev–Trinajstić information content (AvgIpc) is 2.62. The zero-order valence-electron chi connectivity index (χ0n) is 15.1. The van der Waals surface area contributed by atoms with Gasteiger partial charge in [0, 0.05) is 5.69 Å². The fourth-order valence-corrected chi connectivity index (χ4v) is 2.93. The lowest BCUT2D eigenvalue weighted by molar-refractivity contribution is -0.139. The van der Waals surface area contributed by atoms with Crippen molar-refractivity contribution in [2.45, 2.75) is 13.8 Å². The summed E-state index contributed by atoms with van der Waals surface area (Å²) in [4.78, 5) is 35.4. The molecule has 0 saturated carbocycles. The number of rotatable bonds is 8. The molecule has 0 aliphatic rings. The molecule has 142 valence electrons. The molecule has 5 nitrogen and oxygen atoms in total. The Morgan fingerprint density at radius 1 is 1.07 bits per heavy atom. The number of anilines is 1. The van der Waals surface area contributed by atoms with E-state index in [0.29, 0.717) is 0 Å². The Morgan fingerprint density at radius 2 is 1.81 bits per heavy atom. The van der Waals surface area contributed by atoms with Crippen LogP contribution in [0.25, 0.3) is 0 Å². The molecule has 0 bridgehead atoms. The summed E-state index contributed by atoms with van der Waals surface area (Å²) in [6, 6.07) is 11.2. The number of Topliss-reactive ketones (excluding diaryl/α,β-unsaturated/α-hetero) is 1. The minimum Gasteiger partial charge on any atom is -0.457 e. The number of halogens is 1. The number of thioether (sulfide) groups is 1. The van der Waals surface area contributed by atoms with Crippen LogP contribution in [-0.4, -0.2) is 35.8 Å². The number of ether oxygens (including phenoxy) is 1. The highest BCUT2D eigenvalue weighted by Crippen LogP contribution is 2.16. The van der Waals surface area contributed by atoms with Crippen LogP contribution in [0.5, 0.6) is 0 Å². The summed E-state index contributed by atoms with van der Waals surface area (Å²) >= 11 is 1.08. The number of hydrogen-bond donors (Lipinski definition) is 1. The van der Waals surface area contributed by atoms with E-state index in [9.17, 15) is 18.8 Å². The van der Waals surface area contributed by atoms with Crippen molar-refractivity contribution in [3.05, 3.63) is 65.0 Å². The number of benzene rings is 2. The summed E-state index contributed by atoms with van der Waals surface area (Å²) in [6.07, 6.45) is 0. The highest BCUT2D eigenvalue weighted by atomic mass is 32.2. The monoisotopic (exact) mass is 389 g/mol.